The minimum absolute atomic E-state index is 0.0405. The molecule has 0 unspecified atom stereocenters. The van der Waals surface area contributed by atoms with Gasteiger partial charge in [-0.25, -0.2) is 0 Å². The highest BCUT2D eigenvalue weighted by Gasteiger charge is 2.54. The van der Waals surface area contributed by atoms with E-state index in [9.17, 15) is 19.5 Å². The average molecular weight is 337 g/mol. The summed E-state index contributed by atoms with van der Waals surface area (Å²) in [5.41, 5.74) is -0.883. The molecule has 1 N–H and O–H groups in total. The number of thiophene rings is 1. The molecule has 1 aromatic rings. The van der Waals surface area contributed by atoms with E-state index >= 15 is 0 Å². The van der Waals surface area contributed by atoms with Crippen molar-refractivity contribution in [3.63, 3.8) is 0 Å². The predicted octanol–water partition coefficient (Wildman–Crippen LogP) is 1.66. The molecule has 0 spiro atoms. The van der Waals surface area contributed by atoms with E-state index in [2.05, 4.69) is 0 Å². The first-order valence-corrected chi connectivity index (χ1v) is 8.56. The van der Waals surface area contributed by atoms with Crippen molar-refractivity contribution in [2.75, 3.05) is 26.3 Å². The van der Waals surface area contributed by atoms with E-state index in [1.165, 1.54) is 11.3 Å². The van der Waals surface area contributed by atoms with Crippen LogP contribution in [-0.2, 0) is 14.3 Å². The molecule has 0 radical (unpaired) electrons. The summed E-state index contributed by atoms with van der Waals surface area (Å²) in [4.78, 5) is 38.3. The first-order chi connectivity index (χ1) is 11.0. The molecule has 23 heavy (non-hydrogen) atoms. The first kappa shape index (κ1) is 16.1. The van der Waals surface area contributed by atoms with Crippen LogP contribution < -0.4 is 0 Å². The lowest BCUT2D eigenvalue weighted by atomic mass is 9.74. The number of nitrogens with zero attached hydrogens (tertiary/aromatic N) is 1. The summed E-state index contributed by atoms with van der Waals surface area (Å²) in [6.45, 7) is 1.42. The lowest BCUT2D eigenvalue weighted by molar-refractivity contribution is -0.157. The molecule has 1 aromatic heterocycles. The van der Waals surface area contributed by atoms with Gasteiger partial charge in [-0.3, -0.25) is 14.4 Å². The zero-order chi connectivity index (χ0) is 16.4. The molecule has 3 rings (SSSR count). The molecule has 2 saturated heterocycles. The second-order valence-electron chi connectivity index (χ2n) is 6.16. The molecular weight excluding hydrogens is 318 g/mol. The molecule has 0 aromatic carbocycles. The Kier molecular flexibility index (Phi) is 4.50. The van der Waals surface area contributed by atoms with Crippen molar-refractivity contribution in [1.82, 2.24) is 4.90 Å². The van der Waals surface area contributed by atoms with Crippen LogP contribution in [0, 0.1) is 11.3 Å². The van der Waals surface area contributed by atoms with Crippen LogP contribution in [0.3, 0.4) is 0 Å². The van der Waals surface area contributed by atoms with Crippen LogP contribution in [0.4, 0.5) is 0 Å². The molecule has 2 aliphatic heterocycles. The van der Waals surface area contributed by atoms with Crippen molar-refractivity contribution in [3.8, 4) is 0 Å². The number of likely N-dealkylation sites (tertiary alicyclic amines) is 1. The lowest BCUT2D eigenvalue weighted by Crippen LogP contribution is -2.45. The van der Waals surface area contributed by atoms with Crippen LogP contribution in [0.25, 0.3) is 0 Å². The number of carboxylic acid groups (broad SMARTS) is 1. The molecule has 0 bridgehead atoms. The Morgan fingerprint density at radius 2 is 2.22 bits per heavy atom. The molecule has 6 nitrogen and oxygen atoms in total. The number of fused-ring (bicyclic) bond motifs is 1. The Labute approximate surface area is 138 Å². The highest BCUT2D eigenvalue weighted by molar-refractivity contribution is 7.12. The number of carbonyl (C=O) groups excluding carboxylic acids is 2. The number of carbonyl (C=O) groups is 3. The predicted molar refractivity (Wildman–Crippen MR) is 83.5 cm³/mol. The first-order valence-electron chi connectivity index (χ1n) is 7.68. The summed E-state index contributed by atoms with van der Waals surface area (Å²) in [5, 5.41) is 11.4. The molecule has 124 valence electrons. The second kappa shape index (κ2) is 6.41. The normalized spacial score (nSPS) is 26.8. The standard InChI is InChI=1S/C16H19NO5S/c18-12(13-2-1-7-23-13)3-4-14(19)17-8-11-9-22-6-5-16(11,10-17)15(20)21/h1-2,7,11H,3-6,8-10H2,(H,20,21)/t11-,16+/m0/s1. The number of amides is 1. The molecule has 0 saturated carbocycles. The minimum atomic E-state index is -0.883. The molecule has 7 heteroatoms. The van der Waals surface area contributed by atoms with E-state index in [0.717, 1.165) is 0 Å². The van der Waals surface area contributed by atoms with Crippen molar-refractivity contribution in [1.29, 1.82) is 0 Å². The fourth-order valence-corrected chi connectivity index (χ4v) is 4.12. The van der Waals surface area contributed by atoms with Gasteiger partial charge in [-0.15, -0.1) is 11.3 Å². The molecule has 3 heterocycles. The average Bonchev–Trinajstić information content (AvgIpc) is 3.19. The third kappa shape index (κ3) is 3.03. The van der Waals surface area contributed by atoms with E-state index in [4.69, 9.17) is 4.74 Å². The second-order valence-corrected chi connectivity index (χ2v) is 7.11. The molecule has 2 aliphatic rings. The number of Topliss-reactive ketones (excluding diaryl/α,β-unsaturated/α-hetero) is 1. The Bertz CT molecular complexity index is 614. The molecule has 0 aliphatic carbocycles. The summed E-state index contributed by atoms with van der Waals surface area (Å²) in [5.74, 6) is -1.20. The fraction of sp³-hybridized carbons (Fsp3) is 0.562. The fourth-order valence-electron chi connectivity index (χ4n) is 3.43. The van der Waals surface area contributed by atoms with Crippen molar-refractivity contribution in [2.45, 2.75) is 19.3 Å². The van der Waals surface area contributed by atoms with Gasteiger partial charge >= 0.3 is 5.97 Å². The largest absolute Gasteiger partial charge is 0.481 e. The van der Waals surface area contributed by atoms with Gasteiger partial charge in [0.1, 0.15) is 0 Å². The Morgan fingerprint density at radius 3 is 2.87 bits per heavy atom. The summed E-state index contributed by atoms with van der Waals surface area (Å²) in [7, 11) is 0. The van der Waals surface area contributed by atoms with E-state index in [0.29, 0.717) is 31.1 Å². The minimum Gasteiger partial charge on any atom is -0.481 e. The third-order valence-corrected chi connectivity index (χ3v) is 5.76. The zero-order valence-corrected chi connectivity index (χ0v) is 13.5. The summed E-state index contributed by atoms with van der Waals surface area (Å²) < 4.78 is 5.38. The molecule has 2 atom stereocenters. The van der Waals surface area contributed by atoms with Crippen molar-refractivity contribution >= 4 is 29.0 Å². The maximum absolute atomic E-state index is 12.4. The van der Waals surface area contributed by atoms with Crippen LogP contribution in [0.5, 0.6) is 0 Å². The quantitative estimate of drug-likeness (QED) is 0.826. The van der Waals surface area contributed by atoms with E-state index in [1.54, 1.807) is 11.0 Å². The topological polar surface area (TPSA) is 83.9 Å². The van der Waals surface area contributed by atoms with E-state index in [-0.39, 0.29) is 37.0 Å². The Hall–Kier alpha value is -1.73. The van der Waals surface area contributed by atoms with Crippen LogP contribution in [-0.4, -0.2) is 54.0 Å². The van der Waals surface area contributed by atoms with Gasteiger partial charge in [0, 0.05) is 38.5 Å². The summed E-state index contributed by atoms with van der Waals surface area (Å²) >= 11 is 1.37. The highest BCUT2D eigenvalue weighted by atomic mass is 32.1. The van der Waals surface area contributed by atoms with Gasteiger partial charge in [0.2, 0.25) is 5.91 Å². The van der Waals surface area contributed by atoms with Crippen LogP contribution in [0.15, 0.2) is 17.5 Å². The van der Waals surface area contributed by atoms with Gasteiger partial charge < -0.3 is 14.7 Å². The number of hydrogen-bond acceptors (Lipinski definition) is 5. The van der Waals surface area contributed by atoms with Gasteiger partial charge in [-0.1, -0.05) is 6.07 Å². The summed E-state index contributed by atoms with van der Waals surface area (Å²) in [6, 6.07) is 3.56. The molecule has 2 fully saturated rings. The number of ketones is 1. The van der Waals surface area contributed by atoms with Crippen LogP contribution >= 0.6 is 11.3 Å². The van der Waals surface area contributed by atoms with Crippen LogP contribution in [0.2, 0.25) is 0 Å². The number of hydrogen-bond donors (Lipinski definition) is 1. The van der Waals surface area contributed by atoms with Gasteiger partial charge in [0.05, 0.1) is 16.9 Å². The van der Waals surface area contributed by atoms with Crippen molar-refractivity contribution in [3.05, 3.63) is 22.4 Å². The smallest absolute Gasteiger partial charge is 0.311 e. The van der Waals surface area contributed by atoms with Gasteiger partial charge in [0.15, 0.2) is 5.78 Å². The maximum atomic E-state index is 12.4. The monoisotopic (exact) mass is 337 g/mol. The Balaban J connectivity index is 1.60. The Morgan fingerprint density at radius 1 is 1.39 bits per heavy atom. The molecular formula is C16H19NO5S. The third-order valence-electron chi connectivity index (χ3n) is 4.85. The van der Waals surface area contributed by atoms with Gasteiger partial charge in [-0.05, 0) is 17.9 Å². The number of aliphatic carboxylic acids is 1. The van der Waals surface area contributed by atoms with Gasteiger partial charge in [-0.2, -0.15) is 0 Å². The maximum Gasteiger partial charge on any atom is 0.311 e. The number of ether oxygens (including phenoxy) is 1. The van der Waals surface area contributed by atoms with Crippen molar-refractivity contribution in [2.24, 2.45) is 11.3 Å². The number of rotatable bonds is 5. The van der Waals surface area contributed by atoms with Crippen LogP contribution in [0.1, 0.15) is 28.9 Å². The van der Waals surface area contributed by atoms with Crippen molar-refractivity contribution < 1.29 is 24.2 Å². The lowest BCUT2D eigenvalue weighted by Gasteiger charge is -2.33. The molecule has 1 amide bonds. The summed E-state index contributed by atoms with van der Waals surface area (Å²) in [6.07, 6.45) is 0.724. The highest BCUT2D eigenvalue weighted by Crippen LogP contribution is 2.42. The van der Waals surface area contributed by atoms with E-state index < -0.39 is 11.4 Å². The van der Waals surface area contributed by atoms with E-state index in [1.807, 2.05) is 11.4 Å². The number of carboxylic acids is 1. The van der Waals surface area contributed by atoms with Gasteiger partial charge in [0.25, 0.3) is 0 Å². The zero-order valence-electron chi connectivity index (χ0n) is 12.7. The SMILES string of the molecule is O=C(CCC(=O)N1C[C@H]2COCC[C@@]2(C(=O)O)C1)c1cccs1.